The van der Waals surface area contributed by atoms with Gasteiger partial charge in [0.1, 0.15) is 11.6 Å². The van der Waals surface area contributed by atoms with Crippen LogP contribution in [0.15, 0.2) is 23.1 Å². The molecule has 0 heterocycles. The Morgan fingerprint density at radius 1 is 1.35 bits per heavy atom. The van der Waals surface area contributed by atoms with Crippen LogP contribution < -0.4 is 5.32 Å². The van der Waals surface area contributed by atoms with Crippen LogP contribution in [0.4, 0.5) is 8.78 Å². The summed E-state index contributed by atoms with van der Waals surface area (Å²) in [5, 5.41) is 3.37. The first-order valence-corrected chi connectivity index (χ1v) is 8.50. The van der Waals surface area contributed by atoms with Crippen molar-refractivity contribution in [2.75, 3.05) is 12.3 Å². The minimum absolute atomic E-state index is 0.104. The molecule has 0 bridgehead atoms. The third-order valence-electron chi connectivity index (χ3n) is 3.91. The summed E-state index contributed by atoms with van der Waals surface area (Å²) < 4.78 is 38.9. The molecule has 0 amide bonds. The Balaban J connectivity index is 2.07. The number of hydrogen-bond donors (Lipinski definition) is 1. The molecule has 1 aromatic carbocycles. The number of nitrogens with one attached hydrogen (secondary N) is 1. The highest BCUT2D eigenvalue weighted by atomic mass is 32.2. The molecule has 2 unspecified atom stereocenters. The van der Waals surface area contributed by atoms with Gasteiger partial charge in [0, 0.05) is 17.9 Å². The topological polar surface area (TPSA) is 29.1 Å². The van der Waals surface area contributed by atoms with Crippen LogP contribution in [0.5, 0.6) is 0 Å². The summed E-state index contributed by atoms with van der Waals surface area (Å²) in [5.41, 5.74) is 0. The summed E-state index contributed by atoms with van der Waals surface area (Å²) in [6.45, 7) is 2.83. The molecule has 2 atom stereocenters. The molecule has 0 radical (unpaired) electrons. The van der Waals surface area contributed by atoms with Gasteiger partial charge < -0.3 is 5.32 Å². The highest BCUT2D eigenvalue weighted by molar-refractivity contribution is 7.85. The van der Waals surface area contributed by atoms with E-state index in [1.54, 1.807) is 0 Å². The summed E-state index contributed by atoms with van der Waals surface area (Å²) >= 11 is 0. The first kappa shape index (κ1) is 15.6. The van der Waals surface area contributed by atoms with Crippen LogP contribution in [0.25, 0.3) is 0 Å². The lowest BCUT2D eigenvalue weighted by atomic mass is 10.00. The maximum Gasteiger partial charge on any atom is 0.142 e. The van der Waals surface area contributed by atoms with Crippen molar-refractivity contribution >= 4 is 10.8 Å². The predicted molar refractivity (Wildman–Crippen MR) is 77.1 cm³/mol. The molecule has 1 N–H and O–H groups in total. The Morgan fingerprint density at radius 2 is 2.05 bits per heavy atom. The van der Waals surface area contributed by atoms with Gasteiger partial charge in [-0.2, -0.15) is 0 Å². The number of halogens is 2. The standard InChI is InChI=1S/C15H21F2NOS/c1-2-18-14(11-5-3-4-6-11)10-20(19)15-8-7-12(16)9-13(15)17/h7-9,11,14,18H,2-6,10H2,1H3. The maximum absolute atomic E-state index is 13.7. The second-order valence-corrected chi connectivity index (χ2v) is 6.76. The zero-order valence-electron chi connectivity index (χ0n) is 11.7. The molecule has 5 heteroatoms. The van der Waals surface area contributed by atoms with Crippen LogP contribution >= 0.6 is 0 Å². The van der Waals surface area contributed by atoms with Gasteiger partial charge in [-0.1, -0.05) is 19.8 Å². The normalized spacial score (nSPS) is 19.1. The van der Waals surface area contributed by atoms with E-state index in [-0.39, 0.29) is 10.9 Å². The number of hydrogen-bond acceptors (Lipinski definition) is 2. The van der Waals surface area contributed by atoms with Crippen molar-refractivity contribution in [3.8, 4) is 0 Å². The molecule has 0 aromatic heterocycles. The molecular formula is C15H21F2NOS. The third kappa shape index (κ3) is 3.85. The molecule has 1 aliphatic carbocycles. The lowest BCUT2D eigenvalue weighted by Gasteiger charge is -2.23. The van der Waals surface area contributed by atoms with Crippen molar-refractivity contribution in [2.45, 2.75) is 43.5 Å². The van der Waals surface area contributed by atoms with E-state index in [9.17, 15) is 13.0 Å². The van der Waals surface area contributed by atoms with Crippen LogP contribution in [0, 0.1) is 17.6 Å². The van der Waals surface area contributed by atoms with Crippen molar-refractivity contribution in [1.82, 2.24) is 5.32 Å². The van der Waals surface area contributed by atoms with Gasteiger partial charge in [0.05, 0.1) is 15.7 Å². The van der Waals surface area contributed by atoms with E-state index in [4.69, 9.17) is 0 Å². The van der Waals surface area contributed by atoms with Gasteiger partial charge in [-0.3, -0.25) is 4.21 Å². The SMILES string of the molecule is CCNC(CS(=O)c1ccc(F)cc1F)C1CCCC1. The highest BCUT2D eigenvalue weighted by Gasteiger charge is 2.26. The van der Waals surface area contributed by atoms with E-state index in [0.717, 1.165) is 31.5 Å². The largest absolute Gasteiger partial charge is 0.313 e. The van der Waals surface area contributed by atoms with Crippen LogP contribution in [0.1, 0.15) is 32.6 Å². The lowest BCUT2D eigenvalue weighted by Crippen LogP contribution is -2.39. The van der Waals surface area contributed by atoms with Gasteiger partial charge in [-0.15, -0.1) is 0 Å². The second kappa shape index (κ2) is 7.27. The zero-order valence-corrected chi connectivity index (χ0v) is 12.5. The predicted octanol–water partition coefficient (Wildman–Crippen LogP) is 3.24. The molecule has 2 rings (SSSR count). The van der Waals surface area contributed by atoms with Gasteiger partial charge >= 0.3 is 0 Å². The Morgan fingerprint density at radius 3 is 2.65 bits per heavy atom. The average molecular weight is 301 g/mol. The summed E-state index contributed by atoms with van der Waals surface area (Å²) in [6, 6.07) is 3.39. The second-order valence-electron chi connectivity index (χ2n) is 5.30. The Labute approximate surface area is 121 Å². The van der Waals surface area contributed by atoms with Crippen LogP contribution in [-0.2, 0) is 10.8 Å². The molecule has 0 saturated heterocycles. The monoisotopic (exact) mass is 301 g/mol. The third-order valence-corrected chi connectivity index (χ3v) is 5.39. The van der Waals surface area contributed by atoms with Crippen molar-refractivity contribution < 1.29 is 13.0 Å². The molecule has 20 heavy (non-hydrogen) atoms. The maximum atomic E-state index is 13.7. The van der Waals surface area contributed by atoms with Gasteiger partial charge in [-0.25, -0.2) is 8.78 Å². The molecule has 1 fully saturated rings. The fourth-order valence-electron chi connectivity index (χ4n) is 2.90. The molecule has 1 aliphatic rings. The first-order chi connectivity index (χ1) is 9.61. The molecule has 112 valence electrons. The minimum atomic E-state index is -1.43. The van der Waals surface area contributed by atoms with Crippen LogP contribution in [-0.4, -0.2) is 22.5 Å². The molecular weight excluding hydrogens is 280 g/mol. The Kier molecular flexibility index (Phi) is 5.66. The molecule has 1 aromatic rings. The molecule has 1 saturated carbocycles. The molecule has 2 nitrogen and oxygen atoms in total. The molecule has 0 aliphatic heterocycles. The Bertz CT molecular complexity index is 475. The van der Waals surface area contributed by atoms with E-state index in [1.807, 2.05) is 6.92 Å². The summed E-state index contributed by atoms with van der Waals surface area (Å²) in [7, 11) is -1.43. The van der Waals surface area contributed by atoms with Gasteiger partial charge in [-0.05, 0) is 37.4 Å². The van der Waals surface area contributed by atoms with E-state index in [1.165, 1.54) is 18.9 Å². The summed E-state index contributed by atoms with van der Waals surface area (Å²) in [6.07, 6.45) is 4.70. The summed E-state index contributed by atoms with van der Waals surface area (Å²) in [5.74, 6) is -0.448. The van der Waals surface area contributed by atoms with Gasteiger partial charge in [0.2, 0.25) is 0 Å². The van der Waals surface area contributed by atoms with Crippen molar-refractivity contribution in [2.24, 2.45) is 5.92 Å². The van der Waals surface area contributed by atoms with Gasteiger partial charge in [0.15, 0.2) is 0 Å². The van der Waals surface area contributed by atoms with Crippen molar-refractivity contribution in [3.05, 3.63) is 29.8 Å². The first-order valence-electron chi connectivity index (χ1n) is 7.18. The van der Waals surface area contributed by atoms with E-state index < -0.39 is 22.4 Å². The number of benzene rings is 1. The van der Waals surface area contributed by atoms with E-state index in [2.05, 4.69) is 5.32 Å². The smallest absolute Gasteiger partial charge is 0.142 e. The quantitative estimate of drug-likeness (QED) is 0.874. The van der Waals surface area contributed by atoms with Crippen LogP contribution in [0.3, 0.4) is 0 Å². The van der Waals surface area contributed by atoms with Crippen molar-refractivity contribution in [1.29, 1.82) is 0 Å². The number of rotatable bonds is 6. The fourth-order valence-corrected chi connectivity index (χ4v) is 4.29. The summed E-state index contributed by atoms with van der Waals surface area (Å²) in [4.78, 5) is 0.104. The molecule has 0 spiro atoms. The average Bonchev–Trinajstić information content (AvgIpc) is 2.91. The van der Waals surface area contributed by atoms with E-state index in [0.29, 0.717) is 11.7 Å². The van der Waals surface area contributed by atoms with E-state index >= 15 is 0 Å². The van der Waals surface area contributed by atoms with Gasteiger partial charge in [0.25, 0.3) is 0 Å². The minimum Gasteiger partial charge on any atom is -0.313 e. The van der Waals surface area contributed by atoms with Crippen molar-refractivity contribution in [3.63, 3.8) is 0 Å². The fraction of sp³-hybridized carbons (Fsp3) is 0.600. The lowest BCUT2D eigenvalue weighted by molar-refractivity contribution is 0.392. The Hall–Kier alpha value is -0.810. The highest BCUT2D eigenvalue weighted by Crippen LogP contribution is 2.29. The zero-order chi connectivity index (χ0) is 14.5. The van der Waals surface area contributed by atoms with Crippen LogP contribution in [0.2, 0.25) is 0 Å².